The molecular weight excluding hydrogens is 809 g/mol. The fourth-order valence-electron chi connectivity index (χ4n) is 7.56. The van der Waals surface area contributed by atoms with Gasteiger partial charge in [-0.1, -0.05) is 6.92 Å². The molecule has 57 heavy (non-hydrogen) atoms. The Labute approximate surface area is 345 Å². The number of carbonyl (C=O) groups is 1. The third kappa shape index (κ3) is 11.2. The average molecular weight is 867 g/mol. The third-order valence-electron chi connectivity index (χ3n) is 10.3. The van der Waals surface area contributed by atoms with Gasteiger partial charge in [0.1, 0.15) is 29.8 Å². The molecule has 0 radical (unpaired) electrons. The zero-order valence-corrected chi connectivity index (χ0v) is 36.8. The van der Waals surface area contributed by atoms with Crippen LogP contribution >= 0.6 is 23.1 Å². The second-order valence-electron chi connectivity index (χ2n) is 16.0. The van der Waals surface area contributed by atoms with Crippen LogP contribution in [0.3, 0.4) is 0 Å². The number of anilines is 5. The number of nitrogens with one attached hydrogen (secondary N) is 2. The molecule has 2 N–H and O–H groups in total. The number of carbonyl (C=O) groups excluding carboxylic acids is 1. The van der Waals surface area contributed by atoms with Crippen molar-refractivity contribution < 1.29 is 23.6 Å². The van der Waals surface area contributed by atoms with E-state index in [2.05, 4.69) is 75.3 Å². The minimum atomic E-state index is -2.76. The molecule has 4 aromatic rings. The summed E-state index contributed by atoms with van der Waals surface area (Å²) in [7, 11) is -1.07. The minimum absolute atomic E-state index is 0.214. The minimum Gasteiger partial charge on any atom is -0.494 e. The molecule has 4 heterocycles. The van der Waals surface area contributed by atoms with Crippen LogP contribution in [0.15, 0.2) is 47.3 Å². The summed E-state index contributed by atoms with van der Waals surface area (Å²) in [5, 5.41) is 7.40. The highest BCUT2D eigenvalue weighted by molar-refractivity contribution is 9.10. The zero-order chi connectivity index (χ0) is 40.7. The summed E-state index contributed by atoms with van der Waals surface area (Å²) >= 11 is 3.59. The van der Waals surface area contributed by atoms with Gasteiger partial charge in [0.2, 0.25) is 5.95 Å². The Hall–Kier alpha value is -3.88. The number of hydrogen-bond donors (Lipinski definition) is 2. The molecule has 0 aliphatic carbocycles. The summed E-state index contributed by atoms with van der Waals surface area (Å²) < 4.78 is 31.2. The van der Waals surface area contributed by atoms with E-state index in [9.17, 15) is 9.36 Å². The second kappa shape index (κ2) is 18.8. The average Bonchev–Trinajstić information content (AvgIpc) is 3.18. The molecule has 14 nitrogen and oxygen atoms in total. The van der Waals surface area contributed by atoms with E-state index in [4.69, 9.17) is 19.2 Å². The van der Waals surface area contributed by atoms with Crippen molar-refractivity contribution in [2.45, 2.75) is 65.0 Å². The van der Waals surface area contributed by atoms with Crippen LogP contribution < -0.4 is 25.6 Å². The van der Waals surface area contributed by atoms with Crippen LogP contribution in [0.5, 0.6) is 5.75 Å². The summed E-state index contributed by atoms with van der Waals surface area (Å²) in [6, 6.07) is 8.57. The van der Waals surface area contributed by atoms with Crippen molar-refractivity contribution in [2.75, 3.05) is 95.0 Å². The van der Waals surface area contributed by atoms with E-state index in [1.54, 1.807) is 39.0 Å². The first-order valence-corrected chi connectivity index (χ1v) is 23.2. The van der Waals surface area contributed by atoms with Gasteiger partial charge in [-0.15, -0.1) is 0 Å². The van der Waals surface area contributed by atoms with Gasteiger partial charge in [-0.05, 0) is 93.1 Å². The maximum Gasteiger partial charge on any atom is 0.308 e. The monoisotopic (exact) mass is 865 g/mol. The lowest BCUT2D eigenvalue weighted by molar-refractivity contribution is -0.156. The predicted molar refractivity (Wildman–Crippen MR) is 232 cm³/mol. The van der Waals surface area contributed by atoms with Crippen LogP contribution in [-0.4, -0.2) is 127 Å². The number of methoxy groups -OCH3 is 1. The van der Waals surface area contributed by atoms with Gasteiger partial charge >= 0.3 is 5.97 Å². The van der Waals surface area contributed by atoms with Crippen molar-refractivity contribution in [2.24, 2.45) is 0 Å². The van der Waals surface area contributed by atoms with Gasteiger partial charge in [0.25, 0.3) is 0 Å². The number of ether oxygens (including phenoxy) is 3. The number of piperazine rings is 1. The van der Waals surface area contributed by atoms with Gasteiger partial charge < -0.3 is 34.3 Å². The quantitative estimate of drug-likeness (QED) is 0.0732. The third-order valence-corrected chi connectivity index (χ3v) is 12.4. The van der Waals surface area contributed by atoms with Crippen molar-refractivity contribution in [3.05, 3.63) is 52.9 Å². The highest BCUT2D eigenvalue weighted by atomic mass is 79.9. The predicted octanol–water partition coefficient (Wildman–Crippen LogP) is 6.82. The molecule has 2 aliphatic rings. The molecule has 0 spiro atoms. The lowest BCUT2D eigenvalue weighted by Gasteiger charge is -2.43. The number of halogens is 1. The van der Waals surface area contributed by atoms with Gasteiger partial charge in [0, 0.05) is 82.2 Å². The van der Waals surface area contributed by atoms with Crippen molar-refractivity contribution in [3.8, 4) is 5.75 Å². The molecule has 0 atom stereocenters. The number of esters is 1. The van der Waals surface area contributed by atoms with Crippen LogP contribution in [0.25, 0.3) is 11.0 Å². The van der Waals surface area contributed by atoms with E-state index in [1.165, 1.54) is 11.3 Å². The van der Waals surface area contributed by atoms with E-state index in [0.717, 1.165) is 70.8 Å². The molecule has 2 saturated heterocycles. The Kier molecular flexibility index (Phi) is 14.1. The Balaban J connectivity index is 1.04. The molecule has 6 rings (SSSR count). The number of nitrogens with zero attached hydrogens (tertiary/aromatic N) is 7. The molecule has 0 saturated carbocycles. The van der Waals surface area contributed by atoms with Gasteiger partial charge in [-0.3, -0.25) is 24.6 Å². The molecule has 2 aromatic carbocycles. The molecule has 16 heteroatoms. The molecule has 0 unspecified atom stereocenters. The molecular formula is C41H57BrN9O5P. The van der Waals surface area contributed by atoms with Gasteiger partial charge in [0.05, 0.1) is 53.4 Å². The first kappa shape index (κ1) is 42.7. The molecule has 0 bridgehead atoms. The summed E-state index contributed by atoms with van der Waals surface area (Å²) in [6.45, 7) is 19.3. The number of rotatable bonds is 15. The number of aryl methyl sites for hydroxylation is 1. The zero-order valence-electron chi connectivity index (χ0n) is 34.3. The van der Waals surface area contributed by atoms with Crippen LogP contribution in [0.4, 0.5) is 28.8 Å². The number of aromatic nitrogens is 4. The smallest absolute Gasteiger partial charge is 0.308 e. The molecule has 2 aromatic heterocycles. The SMILES string of the molecule is CCc1cc(Nc2ncc(Br)c(Nc3ccc4nccnc4c3P(C)(C)=O)n2)c(OC)cc1N1CCC(N2CCN(CCOCCC(=O)OC(C)(C)C)CC2)CC1. The first-order valence-electron chi connectivity index (χ1n) is 19.8. The van der Waals surface area contributed by atoms with E-state index in [1.807, 2.05) is 32.9 Å². The first-order chi connectivity index (χ1) is 27.2. The van der Waals surface area contributed by atoms with Crippen LogP contribution in [0.2, 0.25) is 0 Å². The molecule has 0 amide bonds. The summed E-state index contributed by atoms with van der Waals surface area (Å²) in [5.74, 6) is 1.40. The normalized spacial score (nSPS) is 16.2. The summed E-state index contributed by atoms with van der Waals surface area (Å²) in [6.07, 6.45) is 8.29. The van der Waals surface area contributed by atoms with E-state index < -0.39 is 12.7 Å². The Morgan fingerprint density at radius 2 is 1.70 bits per heavy atom. The fraction of sp³-hybridized carbons (Fsp3) is 0.537. The molecule has 2 aliphatic heterocycles. The van der Waals surface area contributed by atoms with E-state index >= 15 is 0 Å². The topological polar surface area (TPSA) is 147 Å². The molecule has 2 fully saturated rings. The molecule has 308 valence electrons. The second-order valence-corrected chi connectivity index (χ2v) is 20.0. The van der Waals surface area contributed by atoms with Gasteiger partial charge in [-0.2, -0.15) is 4.98 Å². The van der Waals surface area contributed by atoms with Gasteiger partial charge in [0.15, 0.2) is 0 Å². The van der Waals surface area contributed by atoms with Crippen molar-refractivity contribution in [1.82, 2.24) is 29.7 Å². The lowest BCUT2D eigenvalue weighted by atomic mass is 9.99. The van der Waals surface area contributed by atoms with Crippen molar-refractivity contribution in [3.63, 3.8) is 0 Å². The Morgan fingerprint density at radius 3 is 2.39 bits per heavy atom. The van der Waals surface area contributed by atoms with Crippen LogP contribution in [0, 0.1) is 0 Å². The van der Waals surface area contributed by atoms with Crippen LogP contribution in [-0.2, 0) is 25.3 Å². The van der Waals surface area contributed by atoms with E-state index in [-0.39, 0.29) is 12.4 Å². The van der Waals surface area contributed by atoms with E-state index in [0.29, 0.717) is 63.3 Å². The summed E-state index contributed by atoms with van der Waals surface area (Å²) in [5.41, 5.74) is 4.67. The Morgan fingerprint density at radius 1 is 0.965 bits per heavy atom. The number of benzene rings is 2. The van der Waals surface area contributed by atoms with Crippen molar-refractivity contribution in [1.29, 1.82) is 0 Å². The number of fused-ring (bicyclic) bond motifs is 1. The highest BCUT2D eigenvalue weighted by Crippen LogP contribution is 2.42. The van der Waals surface area contributed by atoms with Crippen LogP contribution in [0.1, 0.15) is 52.5 Å². The lowest BCUT2D eigenvalue weighted by Crippen LogP contribution is -2.53. The Bertz CT molecular complexity index is 2060. The van der Waals surface area contributed by atoms with Gasteiger partial charge in [-0.25, -0.2) is 4.98 Å². The fourth-order valence-corrected chi connectivity index (χ4v) is 9.24. The van der Waals surface area contributed by atoms with Crippen molar-refractivity contribution >= 4 is 74.2 Å². The number of piperidine rings is 1. The maximum atomic E-state index is 13.5. The standard InChI is InChI=1S/C41H57BrN9O5P/c1-8-28-25-33(47-40-45-27-30(42)39(48-40)46-32-10-9-31-37(44-15-14-43-31)38(32)57(6,7)53)35(54-5)26-34(28)51-16-11-29(12-17-51)50-20-18-49(19-21-50)22-24-55-23-13-36(52)56-41(2,3)4/h9-10,14-15,25-27,29H,8,11-13,16-24H2,1-7H3,(H2,45,46,47,48). The number of hydrogen-bond acceptors (Lipinski definition) is 14. The maximum absolute atomic E-state index is 13.5. The highest BCUT2D eigenvalue weighted by Gasteiger charge is 2.29. The summed E-state index contributed by atoms with van der Waals surface area (Å²) in [4.78, 5) is 37.8. The largest absolute Gasteiger partial charge is 0.494 e.